The Morgan fingerprint density at radius 2 is 2.00 bits per heavy atom. The monoisotopic (exact) mass is 321 g/mol. The van der Waals surface area contributed by atoms with Crippen molar-refractivity contribution in [2.75, 3.05) is 5.32 Å². The molecule has 1 amide bonds. The lowest BCUT2D eigenvalue weighted by Gasteiger charge is -2.10. The highest BCUT2D eigenvalue weighted by atomic mass is 19.4. The third-order valence-corrected chi connectivity index (χ3v) is 2.99. The number of aromatic nitrogens is 2. The van der Waals surface area contributed by atoms with Crippen LogP contribution in [-0.2, 0) is 0 Å². The van der Waals surface area contributed by atoms with Gasteiger partial charge in [-0.1, -0.05) is 6.07 Å². The van der Waals surface area contributed by atoms with Crippen molar-refractivity contribution in [3.8, 4) is 5.75 Å². The van der Waals surface area contributed by atoms with E-state index in [0.29, 0.717) is 5.69 Å². The summed E-state index contributed by atoms with van der Waals surface area (Å²) in [5.41, 5.74) is 1.34. The molecule has 0 aliphatic rings. The second-order valence-corrected chi connectivity index (χ2v) is 4.65. The number of rotatable bonds is 3. The molecule has 0 saturated carbocycles. The highest BCUT2D eigenvalue weighted by Gasteiger charge is 2.31. The predicted molar refractivity (Wildman–Crippen MR) is 76.3 cm³/mol. The van der Waals surface area contributed by atoms with Crippen molar-refractivity contribution in [3.05, 3.63) is 60.4 Å². The first-order valence-corrected chi connectivity index (χ1v) is 6.51. The van der Waals surface area contributed by atoms with Gasteiger partial charge in [0.2, 0.25) is 0 Å². The van der Waals surface area contributed by atoms with E-state index in [2.05, 4.69) is 15.2 Å². The van der Waals surface area contributed by atoms with Crippen molar-refractivity contribution < 1.29 is 22.7 Å². The second kappa shape index (κ2) is 5.64. The molecular weight excluding hydrogens is 311 g/mol. The minimum absolute atomic E-state index is 0.0557. The third kappa shape index (κ3) is 3.60. The molecule has 0 unspecified atom stereocenters. The largest absolute Gasteiger partial charge is 0.573 e. The number of hydrogen-bond acceptors (Lipinski definition) is 3. The summed E-state index contributed by atoms with van der Waals surface area (Å²) in [6.45, 7) is 0. The molecular formula is C15H10F3N3O2. The Hall–Kier alpha value is -3.03. The van der Waals surface area contributed by atoms with Gasteiger partial charge in [-0.2, -0.15) is 5.10 Å². The highest BCUT2D eigenvalue weighted by Crippen LogP contribution is 2.23. The first-order chi connectivity index (χ1) is 10.9. The van der Waals surface area contributed by atoms with Gasteiger partial charge in [-0.05, 0) is 36.4 Å². The smallest absolute Gasteiger partial charge is 0.406 e. The molecule has 8 heteroatoms. The average molecular weight is 321 g/mol. The molecule has 2 aromatic heterocycles. The molecule has 23 heavy (non-hydrogen) atoms. The first-order valence-electron chi connectivity index (χ1n) is 6.51. The summed E-state index contributed by atoms with van der Waals surface area (Å²) in [5, 5.41) is 6.64. The SMILES string of the molecule is O=C(Nc1ccn2nccc2c1)c1cccc(OC(F)(F)F)c1. The van der Waals surface area contributed by atoms with Gasteiger partial charge in [-0.25, -0.2) is 4.52 Å². The quantitative estimate of drug-likeness (QED) is 0.803. The molecule has 1 N–H and O–H groups in total. The molecule has 0 saturated heterocycles. The first kappa shape index (κ1) is 14.9. The van der Waals surface area contributed by atoms with E-state index in [-0.39, 0.29) is 5.56 Å². The van der Waals surface area contributed by atoms with Crippen LogP contribution in [0.5, 0.6) is 5.75 Å². The predicted octanol–water partition coefficient (Wildman–Crippen LogP) is 3.49. The zero-order chi connectivity index (χ0) is 16.4. The molecule has 2 heterocycles. The second-order valence-electron chi connectivity index (χ2n) is 4.65. The number of benzene rings is 1. The fourth-order valence-corrected chi connectivity index (χ4v) is 2.04. The number of fused-ring (bicyclic) bond motifs is 1. The number of pyridine rings is 1. The molecule has 0 spiro atoms. The van der Waals surface area contributed by atoms with Crippen LogP contribution in [0.3, 0.4) is 0 Å². The van der Waals surface area contributed by atoms with Crippen LogP contribution in [0.1, 0.15) is 10.4 Å². The van der Waals surface area contributed by atoms with Gasteiger partial charge in [0.05, 0.1) is 5.52 Å². The Balaban J connectivity index is 1.78. The summed E-state index contributed by atoms with van der Waals surface area (Å²) in [4.78, 5) is 12.1. The van der Waals surface area contributed by atoms with Crippen molar-refractivity contribution in [2.24, 2.45) is 0 Å². The number of nitrogens with one attached hydrogen (secondary N) is 1. The van der Waals surface area contributed by atoms with Gasteiger partial charge in [0, 0.05) is 23.6 Å². The lowest BCUT2D eigenvalue weighted by atomic mass is 10.2. The molecule has 0 fully saturated rings. The Labute approximate surface area is 128 Å². The molecule has 5 nitrogen and oxygen atoms in total. The summed E-state index contributed by atoms with van der Waals surface area (Å²) in [6.07, 6.45) is -1.53. The van der Waals surface area contributed by atoms with Crippen LogP contribution < -0.4 is 10.1 Å². The summed E-state index contributed by atoms with van der Waals surface area (Å²) in [6, 6.07) is 9.96. The Bertz CT molecular complexity index is 858. The van der Waals surface area contributed by atoms with E-state index in [1.54, 1.807) is 35.1 Å². The number of amides is 1. The Morgan fingerprint density at radius 1 is 1.17 bits per heavy atom. The molecule has 0 aliphatic carbocycles. The zero-order valence-corrected chi connectivity index (χ0v) is 11.5. The fraction of sp³-hybridized carbons (Fsp3) is 0.0667. The number of ether oxygens (including phenoxy) is 1. The number of nitrogens with zero attached hydrogens (tertiary/aromatic N) is 2. The van der Waals surface area contributed by atoms with Gasteiger partial charge >= 0.3 is 6.36 Å². The summed E-state index contributed by atoms with van der Waals surface area (Å²) >= 11 is 0. The molecule has 0 bridgehead atoms. The maximum absolute atomic E-state index is 12.2. The van der Waals surface area contributed by atoms with Gasteiger partial charge in [0.15, 0.2) is 0 Å². The standard InChI is InChI=1S/C15H10F3N3O2/c16-15(17,18)23-13-3-1-2-10(8-13)14(22)20-11-5-7-21-12(9-11)4-6-19-21/h1-9H,(H,20,22). The molecule has 0 atom stereocenters. The minimum Gasteiger partial charge on any atom is -0.406 e. The molecule has 118 valence electrons. The molecule has 1 aromatic carbocycles. The number of carbonyl (C=O) groups excluding carboxylic acids is 1. The van der Waals surface area contributed by atoms with E-state index >= 15 is 0 Å². The molecule has 0 aliphatic heterocycles. The van der Waals surface area contributed by atoms with Crippen LogP contribution in [0, 0.1) is 0 Å². The van der Waals surface area contributed by atoms with Crippen molar-refractivity contribution in [2.45, 2.75) is 6.36 Å². The van der Waals surface area contributed by atoms with Gasteiger partial charge < -0.3 is 10.1 Å². The van der Waals surface area contributed by atoms with E-state index < -0.39 is 18.0 Å². The van der Waals surface area contributed by atoms with Crippen molar-refractivity contribution in [3.63, 3.8) is 0 Å². The average Bonchev–Trinajstić information content (AvgIpc) is 2.93. The van der Waals surface area contributed by atoms with Crippen LogP contribution in [0.2, 0.25) is 0 Å². The van der Waals surface area contributed by atoms with E-state index in [1.807, 2.05) is 0 Å². The third-order valence-electron chi connectivity index (χ3n) is 2.99. The number of hydrogen-bond donors (Lipinski definition) is 1. The van der Waals surface area contributed by atoms with E-state index in [9.17, 15) is 18.0 Å². The van der Waals surface area contributed by atoms with Crippen molar-refractivity contribution in [1.82, 2.24) is 9.61 Å². The van der Waals surface area contributed by atoms with Gasteiger partial charge in [-0.15, -0.1) is 13.2 Å². The lowest BCUT2D eigenvalue weighted by molar-refractivity contribution is -0.274. The van der Waals surface area contributed by atoms with E-state index in [4.69, 9.17) is 0 Å². The summed E-state index contributed by atoms with van der Waals surface area (Å²) in [5.74, 6) is -0.988. The normalized spacial score (nSPS) is 11.4. The molecule has 3 aromatic rings. The maximum Gasteiger partial charge on any atom is 0.573 e. The van der Waals surface area contributed by atoms with Crippen molar-refractivity contribution in [1.29, 1.82) is 0 Å². The summed E-state index contributed by atoms with van der Waals surface area (Å²) in [7, 11) is 0. The Kier molecular flexibility index (Phi) is 3.65. The minimum atomic E-state index is -4.80. The van der Waals surface area contributed by atoms with Crippen molar-refractivity contribution >= 4 is 17.1 Å². The topological polar surface area (TPSA) is 55.6 Å². The van der Waals surface area contributed by atoms with Crippen LogP contribution in [0.15, 0.2) is 54.9 Å². The van der Waals surface area contributed by atoms with Crippen LogP contribution in [0.25, 0.3) is 5.52 Å². The fourth-order valence-electron chi connectivity index (χ4n) is 2.04. The van der Waals surface area contributed by atoms with Crippen LogP contribution in [0.4, 0.5) is 18.9 Å². The van der Waals surface area contributed by atoms with Gasteiger partial charge in [0.25, 0.3) is 5.91 Å². The zero-order valence-electron chi connectivity index (χ0n) is 11.5. The number of halogens is 3. The number of carbonyl (C=O) groups is 1. The van der Waals surface area contributed by atoms with Gasteiger partial charge in [0.1, 0.15) is 5.75 Å². The van der Waals surface area contributed by atoms with E-state index in [0.717, 1.165) is 17.6 Å². The van der Waals surface area contributed by atoms with Gasteiger partial charge in [-0.3, -0.25) is 4.79 Å². The maximum atomic E-state index is 12.2. The van der Waals surface area contributed by atoms with E-state index in [1.165, 1.54) is 12.1 Å². The molecule has 3 rings (SSSR count). The summed E-state index contributed by atoms with van der Waals surface area (Å²) < 4.78 is 42.0. The number of anilines is 1. The van der Waals surface area contributed by atoms with Crippen LogP contribution >= 0.6 is 0 Å². The Morgan fingerprint density at radius 3 is 2.78 bits per heavy atom. The highest BCUT2D eigenvalue weighted by molar-refractivity contribution is 6.04. The van der Waals surface area contributed by atoms with Crippen LogP contribution in [-0.4, -0.2) is 21.9 Å². The lowest BCUT2D eigenvalue weighted by Crippen LogP contribution is -2.18. The molecule has 0 radical (unpaired) electrons. The number of alkyl halides is 3.